The van der Waals surface area contributed by atoms with Crippen molar-refractivity contribution >= 4 is 11.4 Å². The van der Waals surface area contributed by atoms with E-state index in [2.05, 4.69) is 120 Å². The molecule has 1 unspecified atom stereocenters. The Morgan fingerprint density at radius 3 is 2.10 bits per heavy atom. The molecule has 0 amide bonds. The van der Waals surface area contributed by atoms with Gasteiger partial charge in [0.2, 0.25) is 0 Å². The van der Waals surface area contributed by atoms with Gasteiger partial charge in [0.25, 0.3) is 0 Å². The standard InChI is InChI=1S/C24H33N7/c1-24(2,3)31-23(25-26-27-31)22(19-11-13-20(14-12-19)28(4)5)30-17-15-29(16-18-30)21-9-7-6-8-10-21/h6-14,22H,15-18H2,1-5H3. The smallest absolute Gasteiger partial charge is 0.173 e. The first-order valence-electron chi connectivity index (χ1n) is 10.9. The SMILES string of the molecule is CN(C)c1ccc(C(c2nnnn2C(C)(C)C)N2CCN(c3ccccc3)CC2)cc1. The van der Waals surface area contributed by atoms with Crippen LogP contribution in [-0.2, 0) is 5.54 Å². The maximum atomic E-state index is 4.51. The zero-order valence-corrected chi connectivity index (χ0v) is 19.2. The second-order valence-corrected chi connectivity index (χ2v) is 9.37. The van der Waals surface area contributed by atoms with Crippen molar-refractivity contribution in [3.05, 3.63) is 66.0 Å². The van der Waals surface area contributed by atoms with Crippen molar-refractivity contribution in [2.24, 2.45) is 0 Å². The Labute approximate surface area is 185 Å². The van der Waals surface area contributed by atoms with Crippen LogP contribution in [0.4, 0.5) is 11.4 Å². The van der Waals surface area contributed by atoms with E-state index in [0.717, 1.165) is 32.0 Å². The van der Waals surface area contributed by atoms with E-state index in [4.69, 9.17) is 0 Å². The molecule has 0 radical (unpaired) electrons. The highest BCUT2D eigenvalue weighted by Crippen LogP contribution is 2.32. The molecule has 1 fully saturated rings. The number of para-hydroxylation sites is 1. The first kappa shape index (κ1) is 21.3. The van der Waals surface area contributed by atoms with E-state index < -0.39 is 0 Å². The van der Waals surface area contributed by atoms with Crippen LogP contribution in [0.2, 0.25) is 0 Å². The number of rotatable bonds is 5. The molecule has 3 aromatic rings. The van der Waals surface area contributed by atoms with Crippen molar-refractivity contribution in [3.8, 4) is 0 Å². The molecular weight excluding hydrogens is 386 g/mol. The number of tetrazole rings is 1. The Kier molecular flexibility index (Phi) is 5.96. The maximum absolute atomic E-state index is 4.51. The van der Waals surface area contributed by atoms with E-state index in [0.29, 0.717) is 0 Å². The van der Waals surface area contributed by atoms with Gasteiger partial charge in [-0.1, -0.05) is 30.3 Å². The molecule has 1 aliphatic heterocycles. The second-order valence-electron chi connectivity index (χ2n) is 9.37. The van der Waals surface area contributed by atoms with E-state index in [-0.39, 0.29) is 11.6 Å². The van der Waals surface area contributed by atoms with E-state index in [1.807, 2.05) is 4.68 Å². The number of aromatic nitrogens is 4. The van der Waals surface area contributed by atoms with Crippen molar-refractivity contribution in [2.45, 2.75) is 32.4 Å². The minimum Gasteiger partial charge on any atom is -0.378 e. The highest BCUT2D eigenvalue weighted by Gasteiger charge is 2.33. The van der Waals surface area contributed by atoms with Crippen LogP contribution < -0.4 is 9.80 Å². The molecule has 1 aromatic heterocycles. The van der Waals surface area contributed by atoms with Crippen molar-refractivity contribution in [3.63, 3.8) is 0 Å². The summed E-state index contributed by atoms with van der Waals surface area (Å²) in [7, 11) is 4.13. The van der Waals surface area contributed by atoms with Crippen LogP contribution in [0.3, 0.4) is 0 Å². The molecule has 0 bridgehead atoms. The summed E-state index contributed by atoms with van der Waals surface area (Å²) in [5.74, 6) is 0.901. The lowest BCUT2D eigenvalue weighted by molar-refractivity contribution is 0.191. The van der Waals surface area contributed by atoms with Crippen LogP contribution in [0.5, 0.6) is 0 Å². The molecule has 0 saturated carbocycles. The molecule has 0 spiro atoms. The molecule has 2 aromatic carbocycles. The Hall–Kier alpha value is -2.93. The summed E-state index contributed by atoms with van der Waals surface area (Å²) in [6.07, 6.45) is 0. The Morgan fingerprint density at radius 1 is 0.871 bits per heavy atom. The number of nitrogens with zero attached hydrogens (tertiary/aromatic N) is 7. The second kappa shape index (κ2) is 8.67. The third-order valence-corrected chi connectivity index (χ3v) is 5.90. The summed E-state index contributed by atoms with van der Waals surface area (Å²) in [6.45, 7) is 10.3. The van der Waals surface area contributed by atoms with Gasteiger partial charge in [0.15, 0.2) is 5.82 Å². The average molecular weight is 420 g/mol. The monoisotopic (exact) mass is 419 g/mol. The third kappa shape index (κ3) is 4.56. The summed E-state index contributed by atoms with van der Waals surface area (Å²) in [5.41, 5.74) is 3.51. The van der Waals surface area contributed by atoms with Gasteiger partial charge in [-0.3, -0.25) is 4.90 Å². The van der Waals surface area contributed by atoms with Crippen LogP contribution in [0.25, 0.3) is 0 Å². The predicted octanol–water partition coefficient (Wildman–Crippen LogP) is 3.41. The molecule has 7 heteroatoms. The maximum Gasteiger partial charge on any atom is 0.173 e. The lowest BCUT2D eigenvalue weighted by atomic mass is 10.0. The van der Waals surface area contributed by atoms with Crippen molar-refractivity contribution in [1.29, 1.82) is 0 Å². The van der Waals surface area contributed by atoms with Gasteiger partial charge in [0.05, 0.1) is 11.6 Å². The quantitative estimate of drug-likeness (QED) is 0.632. The Balaban J connectivity index is 1.64. The molecule has 31 heavy (non-hydrogen) atoms. The van der Waals surface area contributed by atoms with Gasteiger partial charge in [0.1, 0.15) is 0 Å². The number of anilines is 2. The average Bonchev–Trinajstić information content (AvgIpc) is 3.25. The first-order chi connectivity index (χ1) is 14.8. The minimum atomic E-state index is -0.188. The zero-order valence-electron chi connectivity index (χ0n) is 19.2. The van der Waals surface area contributed by atoms with Crippen molar-refractivity contribution in [2.75, 3.05) is 50.1 Å². The molecule has 0 N–H and O–H groups in total. The molecule has 2 heterocycles. The summed E-state index contributed by atoms with van der Waals surface area (Å²) >= 11 is 0. The van der Waals surface area contributed by atoms with Gasteiger partial charge in [-0.15, -0.1) is 5.10 Å². The fraction of sp³-hybridized carbons (Fsp3) is 0.458. The topological polar surface area (TPSA) is 53.3 Å². The molecule has 1 aliphatic rings. The van der Waals surface area contributed by atoms with E-state index >= 15 is 0 Å². The fourth-order valence-electron chi connectivity index (χ4n) is 4.20. The molecule has 4 rings (SSSR count). The highest BCUT2D eigenvalue weighted by molar-refractivity contribution is 5.48. The van der Waals surface area contributed by atoms with E-state index in [1.165, 1.54) is 16.9 Å². The molecule has 0 aliphatic carbocycles. The summed E-state index contributed by atoms with van der Waals surface area (Å²) in [4.78, 5) is 7.09. The zero-order chi connectivity index (χ0) is 22.0. The van der Waals surface area contributed by atoms with E-state index in [1.54, 1.807) is 0 Å². The van der Waals surface area contributed by atoms with Gasteiger partial charge in [-0.25, -0.2) is 4.68 Å². The number of hydrogen-bond acceptors (Lipinski definition) is 6. The van der Waals surface area contributed by atoms with Crippen LogP contribution in [0.15, 0.2) is 54.6 Å². The van der Waals surface area contributed by atoms with Gasteiger partial charge in [-0.2, -0.15) is 0 Å². The van der Waals surface area contributed by atoms with Gasteiger partial charge >= 0.3 is 0 Å². The summed E-state index contributed by atoms with van der Waals surface area (Å²) in [6, 6.07) is 19.4. The lowest BCUT2D eigenvalue weighted by Crippen LogP contribution is -2.48. The highest BCUT2D eigenvalue weighted by atomic mass is 15.6. The molecule has 164 valence electrons. The predicted molar refractivity (Wildman–Crippen MR) is 126 cm³/mol. The molecule has 7 nitrogen and oxygen atoms in total. The van der Waals surface area contributed by atoms with E-state index in [9.17, 15) is 0 Å². The number of benzene rings is 2. The van der Waals surface area contributed by atoms with Crippen LogP contribution >= 0.6 is 0 Å². The van der Waals surface area contributed by atoms with Gasteiger partial charge in [-0.05, 0) is 61.0 Å². The fourth-order valence-corrected chi connectivity index (χ4v) is 4.20. The van der Waals surface area contributed by atoms with Crippen LogP contribution in [0.1, 0.15) is 38.2 Å². The van der Waals surface area contributed by atoms with Gasteiger partial charge < -0.3 is 9.80 Å². The largest absolute Gasteiger partial charge is 0.378 e. The van der Waals surface area contributed by atoms with Crippen LogP contribution in [-0.4, -0.2) is 65.4 Å². The number of piperazine rings is 1. The lowest BCUT2D eigenvalue weighted by Gasteiger charge is -2.40. The first-order valence-corrected chi connectivity index (χ1v) is 10.9. The molecular formula is C24H33N7. The Bertz CT molecular complexity index is 965. The number of hydrogen-bond donors (Lipinski definition) is 0. The van der Waals surface area contributed by atoms with Crippen LogP contribution in [0, 0.1) is 0 Å². The molecule has 1 atom stereocenters. The Morgan fingerprint density at radius 2 is 1.52 bits per heavy atom. The van der Waals surface area contributed by atoms with Crippen molar-refractivity contribution in [1.82, 2.24) is 25.1 Å². The summed E-state index contributed by atoms with van der Waals surface area (Å²) < 4.78 is 1.97. The normalized spacial score (nSPS) is 16.4. The minimum absolute atomic E-state index is 0.0170. The van der Waals surface area contributed by atoms with Crippen molar-refractivity contribution < 1.29 is 0 Å². The summed E-state index contributed by atoms with van der Waals surface area (Å²) in [5, 5.41) is 12.9. The van der Waals surface area contributed by atoms with Gasteiger partial charge in [0, 0.05) is 51.6 Å². The molecule has 1 saturated heterocycles. The third-order valence-electron chi connectivity index (χ3n) is 5.90.